The first-order valence-electron chi connectivity index (χ1n) is 6.05. The normalized spacial score (nSPS) is 10.2. The lowest BCUT2D eigenvalue weighted by atomic mass is 10.1. The van der Waals surface area contributed by atoms with Crippen LogP contribution in [0.4, 0.5) is 5.69 Å². The van der Waals surface area contributed by atoms with E-state index in [1.165, 1.54) is 0 Å². The minimum atomic E-state index is -0.329. The van der Waals surface area contributed by atoms with E-state index in [9.17, 15) is 4.79 Å². The highest BCUT2D eigenvalue weighted by molar-refractivity contribution is 7.80. The van der Waals surface area contributed by atoms with Crippen LogP contribution in [0, 0.1) is 6.92 Å². The maximum atomic E-state index is 12.2. The Balaban J connectivity index is 2.25. The van der Waals surface area contributed by atoms with E-state index in [2.05, 4.69) is 5.32 Å². The summed E-state index contributed by atoms with van der Waals surface area (Å²) < 4.78 is 0. The van der Waals surface area contributed by atoms with E-state index in [0.29, 0.717) is 26.9 Å². The quantitative estimate of drug-likeness (QED) is 0.825. The van der Waals surface area contributed by atoms with E-state index >= 15 is 0 Å². The third-order valence-electron chi connectivity index (χ3n) is 2.87. The fourth-order valence-corrected chi connectivity index (χ4v) is 2.44. The zero-order chi connectivity index (χ0) is 15.6. The summed E-state index contributed by atoms with van der Waals surface area (Å²) in [5.41, 5.74) is 8.01. The first-order chi connectivity index (χ1) is 9.88. The molecule has 0 aliphatic carbocycles. The second-order valence-electron chi connectivity index (χ2n) is 4.50. The van der Waals surface area contributed by atoms with Crippen molar-refractivity contribution in [1.82, 2.24) is 0 Å². The summed E-state index contributed by atoms with van der Waals surface area (Å²) in [7, 11) is 0. The molecule has 2 rings (SSSR count). The van der Waals surface area contributed by atoms with Crippen molar-refractivity contribution in [3.05, 3.63) is 63.1 Å². The minimum Gasteiger partial charge on any atom is -0.389 e. The van der Waals surface area contributed by atoms with Crippen LogP contribution in [0.1, 0.15) is 21.5 Å². The van der Waals surface area contributed by atoms with Gasteiger partial charge in [0.1, 0.15) is 4.99 Å². The van der Waals surface area contributed by atoms with Crippen LogP contribution in [0.25, 0.3) is 0 Å². The highest BCUT2D eigenvalue weighted by Gasteiger charge is 2.12. The average molecular weight is 339 g/mol. The van der Waals surface area contributed by atoms with Crippen LogP contribution in [0.15, 0.2) is 36.4 Å². The molecule has 3 nitrogen and oxygen atoms in total. The molecule has 2 aromatic rings. The van der Waals surface area contributed by atoms with Crippen LogP contribution in [-0.2, 0) is 0 Å². The molecule has 0 bridgehead atoms. The van der Waals surface area contributed by atoms with E-state index in [0.717, 1.165) is 5.56 Å². The Morgan fingerprint density at radius 2 is 1.86 bits per heavy atom. The van der Waals surface area contributed by atoms with Gasteiger partial charge in [0.15, 0.2) is 0 Å². The number of nitrogens with one attached hydrogen (secondary N) is 1. The number of rotatable bonds is 3. The van der Waals surface area contributed by atoms with Crippen molar-refractivity contribution in [2.24, 2.45) is 5.73 Å². The van der Waals surface area contributed by atoms with Crippen molar-refractivity contribution in [2.75, 3.05) is 5.32 Å². The van der Waals surface area contributed by atoms with Crippen molar-refractivity contribution in [3.8, 4) is 0 Å². The Hall–Kier alpha value is -1.62. The predicted octanol–water partition coefficient (Wildman–Crippen LogP) is 4.19. The van der Waals surface area contributed by atoms with Gasteiger partial charge in [-0.05, 0) is 42.8 Å². The van der Waals surface area contributed by atoms with Gasteiger partial charge in [-0.3, -0.25) is 4.79 Å². The summed E-state index contributed by atoms with van der Waals surface area (Å²) in [4.78, 5) is 12.5. The Morgan fingerprint density at radius 1 is 1.14 bits per heavy atom. The van der Waals surface area contributed by atoms with Crippen molar-refractivity contribution in [1.29, 1.82) is 0 Å². The number of thiocarbonyl (C=S) groups is 1. The molecular formula is C15H12Cl2N2OS. The van der Waals surface area contributed by atoms with Crippen LogP contribution < -0.4 is 11.1 Å². The largest absolute Gasteiger partial charge is 0.389 e. The summed E-state index contributed by atoms with van der Waals surface area (Å²) in [5.74, 6) is -0.329. The number of nitrogens with two attached hydrogens (primary N) is 1. The molecule has 3 N–H and O–H groups in total. The lowest BCUT2D eigenvalue weighted by molar-refractivity contribution is 0.102. The van der Waals surface area contributed by atoms with Crippen LogP contribution in [0.5, 0.6) is 0 Å². The van der Waals surface area contributed by atoms with Crippen LogP contribution in [0.2, 0.25) is 10.0 Å². The second kappa shape index (κ2) is 6.43. The number of benzene rings is 2. The van der Waals surface area contributed by atoms with Crippen LogP contribution in [-0.4, -0.2) is 10.9 Å². The Labute approximate surface area is 138 Å². The van der Waals surface area contributed by atoms with E-state index < -0.39 is 0 Å². The smallest absolute Gasteiger partial charge is 0.257 e. The molecular weight excluding hydrogens is 327 g/mol. The third-order valence-corrected chi connectivity index (χ3v) is 3.73. The molecule has 0 radical (unpaired) electrons. The van der Waals surface area contributed by atoms with Crippen LogP contribution in [0.3, 0.4) is 0 Å². The molecule has 21 heavy (non-hydrogen) atoms. The van der Waals surface area contributed by atoms with Gasteiger partial charge in [-0.1, -0.05) is 41.5 Å². The number of hydrogen-bond acceptors (Lipinski definition) is 2. The minimum absolute atomic E-state index is 0.247. The van der Waals surface area contributed by atoms with Crippen molar-refractivity contribution >= 4 is 52.0 Å². The molecule has 108 valence electrons. The van der Waals surface area contributed by atoms with E-state index in [1.54, 1.807) is 30.3 Å². The maximum absolute atomic E-state index is 12.2. The number of carbonyl (C=O) groups is 1. The zero-order valence-corrected chi connectivity index (χ0v) is 13.4. The van der Waals surface area contributed by atoms with Crippen LogP contribution >= 0.6 is 35.4 Å². The van der Waals surface area contributed by atoms with Gasteiger partial charge in [0.2, 0.25) is 0 Å². The van der Waals surface area contributed by atoms with Gasteiger partial charge in [-0.15, -0.1) is 0 Å². The van der Waals surface area contributed by atoms with E-state index in [-0.39, 0.29) is 10.9 Å². The number of carbonyl (C=O) groups excluding carboxylic acids is 1. The lowest BCUT2D eigenvalue weighted by Crippen LogP contribution is -2.14. The molecule has 6 heteroatoms. The Kier molecular flexibility index (Phi) is 4.83. The summed E-state index contributed by atoms with van der Waals surface area (Å²) >= 11 is 17.0. The summed E-state index contributed by atoms with van der Waals surface area (Å²) in [6.07, 6.45) is 0. The standard InChI is InChI=1S/C15H12Cl2N2OS/c1-8-2-4-10(11(16)6-8)15(20)19-13-5-3-9(14(18)21)7-12(13)17/h2-7H,1H3,(H2,18,21)(H,19,20). The number of hydrogen-bond donors (Lipinski definition) is 2. The fourth-order valence-electron chi connectivity index (χ4n) is 1.76. The van der Waals surface area contributed by atoms with Gasteiger partial charge >= 0.3 is 0 Å². The fraction of sp³-hybridized carbons (Fsp3) is 0.0667. The van der Waals surface area contributed by atoms with E-state index in [4.69, 9.17) is 41.2 Å². The second-order valence-corrected chi connectivity index (χ2v) is 5.75. The number of aryl methyl sites for hydroxylation is 1. The topological polar surface area (TPSA) is 55.1 Å². The first kappa shape index (κ1) is 15.8. The van der Waals surface area contributed by atoms with E-state index in [1.807, 2.05) is 13.0 Å². The van der Waals surface area contributed by atoms with Gasteiger partial charge in [-0.2, -0.15) is 0 Å². The third kappa shape index (κ3) is 3.73. The summed E-state index contributed by atoms with van der Waals surface area (Å²) in [5, 5.41) is 3.46. The molecule has 1 amide bonds. The van der Waals surface area contributed by atoms with Gasteiger partial charge in [0.25, 0.3) is 5.91 Å². The first-order valence-corrected chi connectivity index (χ1v) is 7.22. The number of halogens is 2. The highest BCUT2D eigenvalue weighted by Crippen LogP contribution is 2.25. The van der Waals surface area contributed by atoms with Crippen molar-refractivity contribution < 1.29 is 4.79 Å². The average Bonchev–Trinajstić information content (AvgIpc) is 2.40. The van der Waals surface area contributed by atoms with Crippen molar-refractivity contribution in [2.45, 2.75) is 6.92 Å². The molecule has 0 aliphatic rings. The van der Waals surface area contributed by atoms with Gasteiger partial charge in [-0.25, -0.2) is 0 Å². The lowest BCUT2D eigenvalue weighted by Gasteiger charge is -2.10. The summed E-state index contributed by atoms with van der Waals surface area (Å²) in [6.45, 7) is 1.90. The van der Waals surface area contributed by atoms with Crippen molar-refractivity contribution in [3.63, 3.8) is 0 Å². The predicted molar refractivity (Wildman–Crippen MR) is 91.5 cm³/mol. The van der Waals surface area contributed by atoms with Gasteiger partial charge < -0.3 is 11.1 Å². The molecule has 2 aromatic carbocycles. The molecule has 0 atom stereocenters. The maximum Gasteiger partial charge on any atom is 0.257 e. The van der Waals surface area contributed by atoms with Gasteiger partial charge in [0.05, 0.1) is 21.3 Å². The zero-order valence-electron chi connectivity index (χ0n) is 11.1. The Morgan fingerprint density at radius 3 is 2.43 bits per heavy atom. The Bertz CT molecular complexity index is 732. The molecule has 0 unspecified atom stereocenters. The molecule has 0 heterocycles. The molecule has 0 aromatic heterocycles. The molecule has 0 saturated carbocycles. The molecule has 0 saturated heterocycles. The monoisotopic (exact) mass is 338 g/mol. The summed E-state index contributed by atoms with van der Waals surface area (Å²) in [6, 6.07) is 10.2. The molecule has 0 fully saturated rings. The number of anilines is 1. The van der Waals surface area contributed by atoms with Gasteiger partial charge in [0, 0.05) is 5.56 Å². The highest BCUT2D eigenvalue weighted by atomic mass is 35.5. The number of amides is 1. The molecule has 0 aliphatic heterocycles. The molecule has 0 spiro atoms. The SMILES string of the molecule is Cc1ccc(C(=O)Nc2ccc(C(N)=S)cc2Cl)c(Cl)c1.